The van der Waals surface area contributed by atoms with Gasteiger partial charge in [0.25, 0.3) is 0 Å². The van der Waals surface area contributed by atoms with Gasteiger partial charge in [0, 0.05) is 36.3 Å². The van der Waals surface area contributed by atoms with Crippen LogP contribution in [-0.4, -0.2) is 22.2 Å². The van der Waals surface area contributed by atoms with Gasteiger partial charge < -0.3 is 15.1 Å². The van der Waals surface area contributed by atoms with E-state index in [1.807, 2.05) is 59.0 Å². The summed E-state index contributed by atoms with van der Waals surface area (Å²) in [6.45, 7) is 9.92. The van der Waals surface area contributed by atoms with Crippen molar-refractivity contribution >= 4 is 23.2 Å². The first kappa shape index (κ1) is 29.8. The molecular weight excluding hydrogens is 418 g/mol. The third-order valence-electron chi connectivity index (χ3n) is 4.57. The lowest BCUT2D eigenvalue weighted by Gasteiger charge is -2.01. The number of primary amides is 1. The predicted molar refractivity (Wildman–Crippen MR) is 135 cm³/mol. The Morgan fingerprint density at radius 3 is 2.39 bits per heavy atom. The Labute approximate surface area is 196 Å². The van der Waals surface area contributed by atoms with E-state index in [0.29, 0.717) is 24.2 Å². The molecule has 0 saturated heterocycles. The number of nitrogens with two attached hydrogens (primary N) is 1. The summed E-state index contributed by atoms with van der Waals surface area (Å²) in [5.41, 5.74) is 6.39. The molecule has 0 saturated carbocycles. The number of aryl methyl sites for hydroxylation is 1. The maximum absolute atomic E-state index is 11.3. The second-order valence-electron chi connectivity index (χ2n) is 6.69. The van der Waals surface area contributed by atoms with Gasteiger partial charge in [-0.3, -0.25) is 9.59 Å². The van der Waals surface area contributed by atoms with Gasteiger partial charge in [-0.05, 0) is 37.1 Å². The first-order chi connectivity index (χ1) is 16.1. The molecule has 1 aromatic carbocycles. The average Bonchev–Trinajstić information content (AvgIpc) is 3.33. The highest BCUT2D eigenvalue weighted by atomic mass is 16.4. The summed E-state index contributed by atoms with van der Waals surface area (Å²) in [6.07, 6.45) is 8.62. The number of benzene rings is 1. The maximum atomic E-state index is 11.3. The average molecular weight is 458 g/mol. The van der Waals surface area contributed by atoms with Crippen molar-refractivity contribution in [2.45, 2.75) is 79.6 Å². The fourth-order valence-electron chi connectivity index (χ4n) is 3.02. The molecule has 1 amide bonds. The molecule has 0 aliphatic carbocycles. The first-order valence-corrected chi connectivity index (χ1v) is 11.8. The van der Waals surface area contributed by atoms with Crippen molar-refractivity contribution in [1.29, 1.82) is 0 Å². The number of unbranched alkanes of at least 4 members (excludes halogenated alkanes) is 3. The van der Waals surface area contributed by atoms with Crippen LogP contribution in [0.1, 0.15) is 79.0 Å². The largest absolute Gasteiger partial charge is 0.423 e. The van der Waals surface area contributed by atoms with Gasteiger partial charge >= 0.3 is 5.63 Å². The van der Waals surface area contributed by atoms with Crippen molar-refractivity contribution in [3.05, 3.63) is 52.8 Å². The zero-order chi connectivity index (χ0) is 25.1. The lowest BCUT2D eigenvalue weighted by molar-refractivity contribution is -0.118. The van der Waals surface area contributed by atoms with Crippen LogP contribution in [0.25, 0.3) is 22.2 Å². The van der Waals surface area contributed by atoms with E-state index in [-0.39, 0.29) is 12.0 Å². The highest BCUT2D eigenvalue weighted by Crippen LogP contribution is 2.22. The van der Waals surface area contributed by atoms with E-state index in [0.717, 1.165) is 54.6 Å². The lowest BCUT2D eigenvalue weighted by Crippen LogP contribution is -1.95. The van der Waals surface area contributed by atoms with Crippen LogP contribution in [0.4, 0.5) is 0 Å². The van der Waals surface area contributed by atoms with E-state index in [1.165, 1.54) is 6.07 Å². The van der Waals surface area contributed by atoms with E-state index in [4.69, 9.17) is 9.21 Å². The molecule has 2 heterocycles. The van der Waals surface area contributed by atoms with Crippen molar-refractivity contribution in [3.63, 3.8) is 0 Å². The summed E-state index contributed by atoms with van der Waals surface area (Å²) in [5.74, 6) is 1.33. The van der Waals surface area contributed by atoms with Crippen LogP contribution in [-0.2, 0) is 16.0 Å². The molecule has 0 spiro atoms. The Morgan fingerprint density at radius 1 is 1.06 bits per heavy atom. The molecule has 3 rings (SSSR count). The number of aromatic amines is 1. The Morgan fingerprint density at radius 2 is 1.73 bits per heavy atom. The van der Waals surface area contributed by atoms with Gasteiger partial charge in [-0.25, -0.2) is 9.78 Å². The predicted octanol–water partition coefficient (Wildman–Crippen LogP) is 5.81. The number of H-pyrrole nitrogens is 1. The van der Waals surface area contributed by atoms with Gasteiger partial charge in [0.1, 0.15) is 17.2 Å². The number of amides is 1. The van der Waals surface area contributed by atoms with Crippen LogP contribution in [0.2, 0.25) is 0 Å². The minimum Gasteiger partial charge on any atom is -0.423 e. The number of nitrogens with one attached hydrogen (secondary N) is 1. The molecule has 0 atom stereocenters. The molecule has 33 heavy (non-hydrogen) atoms. The van der Waals surface area contributed by atoms with Gasteiger partial charge in [0.15, 0.2) is 0 Å². The smallest absolute Gasteiger partial charge is 0.336 e. The third-order valence-corrected chi connectivity index (χ3v) is 4.57. The zero-order valence-electron chi connectivity index (χ0n) is 20.6. The number of hydrogen-bond donors (Lipinski definition) is 2. The van der Waals surface area contributed by atoms with Crippen LogP contribution in [0.5, 0.6) is 0 Å². The Kier molecular flexibility index (Phi) is 16.6. The monoisotopic (exact) mass is 457 g/mol. The van der Waals surface area contributed by atoms with Crippen LogP contribution in [0, 0.1) is 0 Å². The Hall–Kier alpha value is -3.22. The van der Waals surface area contributed by atoms with Crippen molar-refractivity contribution < 1.29 is 14.0 Å². The number of imidazole rings is 1. The summed E-state index contributed by atoms with van der Waals surface area (Å²) in [4.78, 5) is 38.9. The molecule has 0 bridgehead atoms. The van der Waals surface area contributed by atoms with E-state index in [2.05, 4.69) is 15.7 Å². The highest BCUT2D eigenvalue weighted by molar-refractivity contribution is 5.82. The number of carbonyl (C=O) groups is 2. The first-order valence-electron chi connectivity index (χ1n) is 11.8. The minimum atomic E-state index is -0.340. The Bertz CT molecular complexity index is 992. The molecule has 0 unspecified atom stereocenters. The molecule has 2 aromatic heterocycles. The number of fused-ring (bicyclic) bond motifs is 1. The van der Waals surface area contributed by atoms with E-state index in [1.54, 1.807) is 6.07 Å². The number of rotatable bonds is 9. The normalized spacial score (nSPS) is 9.48. The van der Waals surface area contributed by atoms with Crippen molar-refractivity contribution in [1.82, 2.24) is 9.97 Å². The SMILES string of the molecule is CC.CC.CCC(=O)CCCCCCc1ncc(-c2ccc3oc(=O)ccc3c2)[nH]1.NC=O. The van der Waals surface area contributed by atoms with Crippen LogP contribution < -0.4 is 11.4 Å². The third kappa shape index (κ3) is 11.3. The molecule has 0 aliphatic heterocycles. The summed E-state index contributed by atoms with van der Waals surface area (Å²) in [7, 11) is 0. The van der Waals surface area contributed by atoms with Crippen LogP contribution >= 0.6 is 0 Å². The molecular formula is C26H39N3O4. The number of Topliss-reactive ketones (excluding diaryl/α,β-unsaturated/α-hetero) is 1. The van der Waals surface area contributed by atoms with Crippen molar-refractivity contribution in [3.8, 4) is 11.3 Å². The molecule has 7 nitrogen and oxygen atoms in total. The van der Waals surface area contributed by atoms with Crippen molar-refractivity contribution in [2.75, 3.05) is 0 Å². The summed E-state index contributed by atoms with van der Waals surface area (Å²) in [6, 6.07) is 8.92. The van der Waals surface area contributed by atoms with E-state index >= 15 is 0 Å². The molecule has 3 N–H and O–H groups in total. The molecule has 0 fully saturated rings. The maximum Gasteiger partial charge on any atom is 0.336 e. The Balaban J connectivity index is 0.00000132. The van der Waals surface area contributed by atoms with Gasteiger partial charge in [-0.1, -0.05) is 47.5 Å². The van der Waals surface area contributed by atoms with Crippen molar-refractivity contribution in [2.24, 2.45) is 5.73 Å². The topological polar surface area (TPSA) is 119 Å². The fourth-order valence-corrected chi connectivity index (χ4v) is 3.02. The fraction of sp³-hybridized carbons (Fsp3) is 0.462. The number of ketones is 1. The second-order valence-corrected chi connectivity index (χ2v) is 6.69. The molecule has 0 radical (unpaired) electrons. The summed E-state index contributed by atoms with van der Waals surface area (Å²) >= 11 is 0. The standard InChI is InChI=1S/C21H24N2O3.2C2H6.CH3NO/c1-2-17(24)7-5-3-4-6-8-20-22-14-18(23-20)15-9-11-19-16(13-15)10-12-21(25)26-19;2*1-2;2-1-3/h9-14H,2-8H2,1H3,(H,22,23);2*1-2H3;1H,(H2,2,3). The van der Waals surface area contributed by atoms with Crippen LogP contribution in [0.3, 0.4) is 0 Å². The second kappa shape index (κ2) is 18.4. The molecule has 7 heteroatoms. The van der Waals surface area contributed by atoms with E-state index < -0.39 is 0 Å². The van der Waals surface area contributed by atoms with Gasteiger partial charge in [-0.15, -0.1) is 0 Å². The zero-order valence-corrected chi connectivity index (χ0v) is 20.6. The number of carbonyl (C=O) groups excluding carboxylic acids is 2. The molecule has 3 aromatic rings. The summed E-state index contributed by atoms with van der Waals surface area (Å²) in [5, 5.41) is 0.889. The molecule has 182 valence electrons. The van der Waals surface area contributed by atoms with Crippen LogP contribution in [0.15, 0.2) is 45.7 Å². The van der Waals surface area contributed by atoms with Gasteiger partial charge in [-0.2, -0.15) is 0 Å². The number of hydrogen-bond acceptors (Lipinski definition) is 5. The molecule has 0 aliphatic rings. The minimum absolute atomic E-state index is 0.250. The number of aromatic nitrogens is 2. The lowest BCUT2D eigenvalue weighted by atomic mass is 10.1. The van der Waals surface area contributed by atoms with E-state index in [9.17, 15) is 9.59 Å². The number of nitrogens with zero attached hydrogens (tertiary/aromatic N) is 1. The highest BCUT2D eigenvalue weighted by Gasteiger charge is 2.06. The summed E-state index contributed by atoms with van der Waals surface area (Å²) < 4.78 is 5.16. The quantitative estimate of drug-likeness (QED) is 0.239. The van der Waals surface area contributed by atoms with Gasteiger partial charge in [0.05, 0.1) is 11.9 Å². The van der Waals surface area contributed by atoms with Gasteiger partial charge in [0.2, 0.25) is 6.41 Å².